The molecule has 106 valence electrons. The molecule has 0 saturated heterocycles. The van der Waals surface area contributed by atoms with E-state index in [0.29, 0.717) is 0 Å². The van der Waals surface area contributed by atoms with Gasteiger partial charge in [-0.3, -0.25) is 4.98 Å². The predicted molar refractivity (Wildman–Crippen MR) is 82.9 cm³/mol. The van der Waals surface area contributed by atoms with E-state index in [1.165, 1.54) is 0 Å². The Bertz CT molecular complexity index is 593. The van der Waals surface area contributed by atoms with E-state index in [1.54, 1.807) is 0 Å². The van der Waals surface area contributed by atoms with E-state index in [0.717, 1.165) is 53.5 Å². The standard InChI is InChI=1S/C16H22N4/c1-5-8-18-16-12(4)15(19-14(6-2)20-16)13-7-9-17-11(3)10-13/h7,9-10H,5-6,8H2,1-4H3,(H,18,19,20). The minimum absolute atomic E-state index is 0.831. The molecule has 0 radical (unpaired) electrons. The monoisotopic (exact) mass is 270 g/mol. The quantitative estimate of drug-likeness (QED) is 0.903. The molecule has 0 saturated carbocycles. The molecular formula is C16H22N4. The Morgan fingerprint density at radius 1 is 1.15 bits per heavy atom. The molecule has 1 N–H and O–H groups in total. The highest BCUT2D eigenvalue weighted by atomic mass is 15.0. The van der Waals surface area contributed by atoms with Crippen molar-refractivity contribution >= 4 is 5.82 Å². The maximum absolute atomic E-state index is 4.69. The van der Waals surface area contributed by atoms with Crippen LogP contribution in [0.2, 0.25) is 0 Å². The molecule has 2 heterocycles. The van der Waals surface area contributed by atoms with Crippen molar-refractivity contribution in [2.45, 2.75) is 40.5 Å². The highest BCUT2D eigenvalue weighted by Crippen LogP contribution is 2.26. The van der Waals surface area contributed by atoms with Gasteiger partial charge in [0.1, 0.15) is 11.6 Å². The SMILES string of the molecule is CCCNc1nc(CC)nc(-c2ccnc(C)c2)c1C. The Balaban J connectivity index is 2.51. The molecule has 0 fully saturated rings. The highest BCUT2D eigenvalue weighted by molar-refractivity contribution is 5.68. The molecule has 2 rings (SSSR count). The minimum atomic E-state index is 0.831. The van der Waals surface area contributed by atoms with E-state index in [-0.39, 0.29) is 0 Å². The predicted octanol–water partition coefficient (Wildman–Crippen LogP) is 3.54. The largest absolute Gasteiger partial charge is 0.370 e. The van der Waals surface area contributed by atoms with Crippen LogP contribution in [0.15, 0.2) is 18.3 Å². The molecule has 4 heteroatoms. The lowest BCUT2D eigenvalue weighted by atomic mass is 10.1. The van der Waals surface area contributed by atoms with Crippen LogP contribution in [0, 0.1) is 13.8 Å². The first-order chi connectivity index (χ1) is 9.65. The lowest BCUT2D eigenvalue weighted by Crippen LogP contribution is -2.08. The van der Waals surface area contributed by atoms with Gasteiger partial charge in [-0.1, -0.05) is 13.8 Å². The first-order valence-corrected chi connectivity index (χ1v) is 7.20. The fraction of sp³-hybridized carbons (Fsp3) is 0.438. The number of anilines is 1. The third kappa shape index (κ3) is 3.13. The summed E-state index contributed by atoms with van der Waals surface area (Å²) in [7, 11) is 0. The Labute approximate surface area is 120 Å². The number of rotatable bonds is 5. The number of pyridine rings is 1. The van der Waals surface area contributed by atoms with E-state index in [4.69, 9.17) is 4.98 Å². The lowest BCUT2D eigenvalue weighted by molar-refractivity contribution is 0.910. The number of aromatic nitrogens is 3. The molecule has 20 heavy (non-hydrogen) atoms. The summed E-state index contributed by atoms with van der Waals surface area (Å²) in [6.45, 7) is 9.22. The van der Waals surface area contributed by atoms with Crippen LogP contribution in [0.4, 0.5) is 5.82 Å². The van der Waals surface area contributed by atoms with E-state index in [9.17, 15) is 0 Å². The normalized spacial score (nSPS) is 10.6. The van der Waals surface area contributed by atoms with Crippen LogP contribution >= 0.6 is 0 Å². The third-order valence-corrected chi connectivity index (χ3v) is 3.22. The average Bonchev–Trinajstić information content (AvgIpc) is 2.46. The summed E-state index contributed by atoms with van der Waals surface area (Å²) < 4.78 is 0. The zero-order chi connectivity index (χ0) is 14.5. The Morgan fingerprint density at radius 2 is 1.95 bits per heavy atom. The van der Waals surface area contributed by atoms with Gasteiger partial charge in [0.05, 0.1) is 5.69 Å². The first kappa shape index (κ1) is 14.4. The molecule has 0 aliphatic heterocycles. The molecule has 0 spiro atoms. The third-order valence-electron chi connectivity index (χ3n) is 3.22. The summed E-state index contributed by atoms with van der Waals surface area (Å²) in [5.74, 6) is 1.82. The van der Waals surface area contributed by atoms with Crippen molar-refractivity contribution in [3.63, 3.8) is 0 Å². The number of aryl methyl sites for hydroxylation is 2. The van der Waals surface area contributed by atoms with Crippen molar-refractivity contribution < 1.29 is 0 Å². The van der Waals surface area contributed by atoms with Gasteiger partial charge >= 0.3 is 0 Å². The van der Waals surface area contributed by atoms with Gasteiger partial charge in [-0.25, -0.2) is 9.97 Å². The first-order valence-electron chi connectivity index (χ1n) is 7.20. The van der Waals surface area contributed by atoms with Crippen molar-refractivity contribution in [2.75, 3.05) is 11.9 Å². The fourth-order valence-electron chi connectivity index (χ4n) is 2.11. The highest BCUT2D eigenvalue weighted by Gasteiger charge is 2.12. The second-order valence-corrected chi connectivity index (χ2v) is 4.93. The van der Waals surface area contributed by atoms with E-state index in [2.05, 4.69) is 42.1 Å². The van der Waals surface area contributed by atoms with Crippen LogP contribution in [-0.2, 0) is 6.42 Å². The van der Waals surface area contributed by atoms with E-state index >= 15 is 0 Å². The maximum atomic E-state index is 4.69. The van der Waals surface area contributed by atoms with Gasteiger partial charge in [0.25, 0.3) is 0 Å². The lowest BCUT2D eigenvalue weighted by Gasteiger charge is -2.13. The van der Waals surface area contributed by atoms with E-state index in [1.807, 2.05) is 19.2 Å². The zero-order valence-corrected chi connectivity index (χ0v) is 12.7. The number of nitrogens with one attached hydrogen (secondary N) is 1. The van der Waals surface area contributed by atoms with Gasteiger partial charge in [0.2, 0.25) is 0 Å². The average molecular weight is 270 g/mol. The zero-order valence-electron chi connectivity index (χ0n) is 12.7. The van der Waals surface area contributed by atoms with Crippen molar-refractivity contribution in [1.82, 2.24) is 15.0 Å². The molecular weight excluding hydrogens is 248 g/mol. The molecule has 4 nitrogen and oxygen atoms in total. The van der Waals surface area contributed by atoms with Crippen molar-refractivity contribution in [3.05, 3.63) is 35.4 Å². The second-order valence-electron chi connectivity index (χ2n) is 4.93. The summed E-state index contributed by atoms with van der Waals surface area (Å²) in [6.07, 6.45) is 3.74. The van der Waals surface area contributed by atoms with Crippen LogP contribution in [0.1, 0.15) is 37.4 Å². The molecule has 2 aromatic heterocycles. The van der Waals surface area contributed by atoms with Crippen LogP contribution in [-0.4, -0.2) is 21.5 Å². The Kier molecular flexibility index (Phi) is 4.66. The molecule has 0 aliphatic carbocycles. The minimum Gasteiger partial charge on any atom is -0.370 e. The van der Waals surface area contributed by atoms with Crippen LogP contribution in [0.3, 0.4) is 0 Å². The Hall–Kier alpha value is -1.97. The summed E-state index contributed by atoms with van der Waals surface area (Å²) >= 11 is 0. The number of hydrogen-bond donors (Lipinski definition) is 1. The molecule has 0 unspecified atom stereocenters. The van der Waals surface area contributed by atoms with Crippen LogP contribution < -0.4 is 5.32 Å². The van der Waals surface area contributed by atoms with Gasteiger partial charge in [-0.2, -0.15) is 0 Å². The molecule has 2 aromatic rings. The smallest absolute Gasteiger partial charge is 0.133 e. The summed E-state index contributed by atoms with van der Waals surface area (Å²) in [4.78, 5) is 13.5. The van der Waals surface area contributed by atoms with Gasteiger partial charge < -0.3 is 5.32 Å². The maximum Gasteiger partial charge on any atom is 0.133 e. The van der Waals surface area contributed by atoms with Crippen LogP contribution in [0.5, 0.6) is 0 Å². The molecule has 0 amide bonds. The summed E-state index contributed by atoms with van der Waals surface area (Å²) in [6, 6.07) is 4.07. The molecule has 0 bridgehead atoms. The van der Waals surface area contributed by atoms with Crippen LogP contribution in [0.25, 0.3) is 11.3 Å². The van der Waals surface area contributed by atoms with E-state index < -0.39 is 0 Å². The van der Waals surface area contributed by atoms with Gasteiger partial charge in [-0.05, 0) is 32.4 Å². The molecule has 0 aromatic carbocycles. The van der Waals surface area contributed by atoms with Crippen molar-refractivity contribution in [1.29, 1.82) is 0 Å². The summed E-state index contributed by atoms with van der Waals surface area (Å²) in [5.41, 5.74) is 4.20. The van der Waals surface area contributed by atoms with Gasteiger partial charge in [0.15, 0.2) is 0 Å². The van der Waals surface area contributed by atoms with Gasteiger partial charge in [0, 0.05) is 36.0 Å². The fourth-order valence-corrected chi connectivity index (χ4v) is 2.11. The van der Waals surface area contributed by atoms with Crippen molar-refractivity contribution in [3.8, 4) is 11.3 Å². The number of nitrogens with zero attached hydrogens (tertiary/aromatic N) is 3. The topological polar surface area (TPSA) is 50.7 Å². The molecule has 0 atom stereocenters. The number of hydrogen-bond acceptors (Lipinski definition) is 4. The molecule has 0 aliphatic rings. The Morgan fingerprint density at radius 3 is 2.60 bits per heavy atom. The van der Waals surface area contributed by atoms with Crippen molar-refractivity contribution in [2.24, 2.45) is 0 Å². The second kappa shape index (κ2) is 6.46. The summed E-state index contributed by atoms with van der Waals surface area (Å²) in [5, 5.41) is 3.40. The van der Waals surface area contributed by atoms with Gasteiger partial charge in [-0.15, -0.1) is 0 Å².